The summed E-state index contributed by atoms with van der Waals surface area (Å²) in [6, 6.07) is 1.27. The quantitative estimate of drug-likeness (QED) is 0.781. The van der Waals surface area contributed by atoms with Crippen LogP contribution in [0.4, 0.5) is 0 Å². The summed E-state index contributed by atoms with van der Waals surface area (Å²) in [6.45, 7) is 1.30. The topological polar surface area (TPSA) is 127 Å². The van der Waals surface area contributed by atoms with E-state index in [1.807, 2.05) is 0 Å². The molecule has 0 aliphatic carbocycles. The summed E-state index contributed by atoms with van der Waals surface area (Å²) >= 11 is 3.00. The maximum Gasteiger partial charge on any atom is 0.339 e. The highest BCUT2D eigenvalue weighted by Gasteiger charge is 2.24. The van der Waals surface area contributed by atoms with Gasteiger partial charge in [0.05, 0.1) is 6.54 Å². The Morgan fingerprint density at radius 1 is 1.57 bits per heavy atom. The van der Waals surface area contributed by atoms with Crippen molar-refractivity contribution in [1.82, 2.24) is 19.7 Å². The van der Waals surface area contributed by atoms with Crippen LogP contribution in [-0.4, -0.2) is 34.5 Å². The lowest BCUT2D eigenvalue weighted by Crippen LogP contribution is -2.25. The molecule has 2 heterocycles. The van der Waals surface area contributed by atoms with Crippen molar-refractivity contribution >= 4 is 31.9 Å². The Balaban J connectivity index is 2.20. The van der Waals surface area contributed by atoms with Crippen LogP contribution in [0.2, 0.25) is 0 Å². The molecule has 2 rings (SSSR count). The first-order valence-corrected chi connectivity index (χ1v) is 7.87. The van der Waals surface area contributed by atoms with Gasteiger partial charge in [0.15, 0.2) is 4.60 Å². The number of sulfonamides is 1. The van der Waals surface area contributed by atoms with Crippen LogP contribution in [0.3, 0.4) is 0 Å². The molecule has 0 saturated carbocycles. The summed E-state index contributed by atoms with van der Waals surface area (Å²) in [7, 11) is -2.43. The SMILES string of the molecule is Cc1oc(CNS(=O)(=O)c2c(Br)nnn2C)cc1C(=O)O. The fraction of sp³-hybridized carbons (Fsp3) is 0.300. The van der Waals surface area contributed by atoms with Gasteiger partial charge in [-0.1, -0.05) is 5.21 Å². The van der Waals surface area contributed by atoms with Crippen LogP contribution in [0.25, 0.3) is 0 Å². The molecule has 0 saturated heterocycles. The van der Waals surface area contributed by atoms with E-state index < -0.39 is 16.0 Å². The highest BCUT2D eigenvalue weighted by Crippen LogP contribution is 2.19. The summed E-state index contributed by atoms with van der Waals surface area (Å²) in [5, 5.41) is 15.9. The first kappa shape index (κ1) is 15.7. The zero-order chi connectivity index (χ0) is 15.8. The number of hydrogen-bond donors (Lipinski definition) is 2. The molecule has 0 unspecified atom stereocenters. The van der Waals surface area contributed by atoms with Gasteiger partial charge in [-0.2, -0.15) is 0 Å². The third-order valence-corrected chi connectivity index (χ3v) is 4.91. The van der Waals surface area contributed by atoms with Gasteiger partial charge < -0.3 is 9.52 Å². The van der Waals surface area contributed by atoms with Gasteiger partial charge >= 0.3 is 5.97 Å². The van der Waals surface area contributed by atoms with E-state index in [-0.39, 0.29) is 33.3 Å². The molecule has 2 aromatic rings. The van der Waals surface area contributed by atoms with Gasteiger partial charge in [-0.25, -0.2) is 22.6 Å². The van der Waals surface area contributed by atoms with Gasteiger partial charge in [0, 0.05) is 7.05 Å². The first-order chi connectivity index (χ1) is 9.72. The van der Waals surface area contributed by atoms with Crippen LogP contribution < -0.4 is 4.72 Å². The fourth-order valence-corrected chi connectivity index (χ4v) is 3.77. The molecule has 0 aliphatic rings. The molecule has 0 amide bonds. The zero-order valence-corrected chi connectivity index (χ0v) is 13.4. The van der Waals surface area contributed by atoms with E-state index in [4.69, 9.17) is 9.52 Å². The number of furan rings is 1. The highest BCUT2D eigenvalue weighted by molar-refractivity contribution is 9.10. The molecule has 0 spiro atoms. The normalized spacial score (nSPS) is 11.8. The standard InChI is InChI=1S/C10H11BrN4O5S/c1-5-7(10(16)17)3-6(20-5)4-12-21(18,19)9-8(11)13-14-15(9)2/h3,12H,4H2,1-2H3,(H,16,17). The molecule has 114 valence electrons. The number of aryl methyl sites for hydroxylation is 2. The number of aromatic carboxylic acids is 1. The van der Waals surface area contributed by atoms with Gasteiger partial charge in [-0.15, -0.1) is 5.10 Å². The third-order valence-electron chi connectivity index (χ3n) is 2.63. The van der Waals surface area contributed by atoms with Gasteiger partial charge in [0.25, 0.3) is 10.0 Å². The Hall–Kier alpha value is -1.72. The largest absolute Gasteiger partial charge is 0.478 e. The van der Waals surface area contributed by atoms with Gasteiger partial charge in [0.1, 0.15) is 17.1 Å². The van der Waals surface area contributed by atoms with Crippen molar-refractivity contribution in [3.05, 3.63) is 27.8 Å². The number of hydrogen-bond acceptors (Lipinski definition) is 6. The Labute approximate surface area is 128 Å². The number of halogens is 1. The van der Waals surface area contributed by atoms with E-state index in [1.54, 1.807) is 0 Å². The summed E-state index contributed by atoms with van der Waals surface area (Å²) < 4.78 is 32.9. The van der Waals surface area contributed by atoms with E-state index >= 15 is 0 Å². The Morgan fingerprint density at radius 2 is 2.24 bits per heavy atom. The van der Waals surface area contributed by atoms with Crippen molar-refractivity contribution in [2.45, 2.75) is 18.5 Å². The number of aromatic nitrogens is 3. The first-order valence-electron chi connectivity index (χ1n) is 5.60. The Bertz CT molecular complexity index is 775. The second-order valence-electron chi connectivity index (χ2n) is 4.12. The fourth-order valence-electron chi connectivity index (χ4n) is 1.69. The Kier molecular flexibility index (Phi) is 4.16. The molecular formula is C10H11BrN4O5S. The number of carboxylic acids is 1. The van der Waals surface area contributed by atoms with Crippen molar-refractivity contribution in [2.24, 2.45) is 7.05 Å². The molecule has 2 N–H and O–H groups in total. The number of carboxylic acid groups (broad SMARTS) is 1. The molecule has 11 heteroatoms. The molecule has 0 fully saturated rings. The lowest BCUT2D eigenvalue weighted by atomic mass is 10.2. The Morgan fingerprint density at radius 3 is 2.71 bits per heavy atom. The minimum atomic E-state index is -3.87. The minimum absolute atomic E-state index is 0.00687. The predicted octanol–water partition coefficient (Wildman–Crippen LogP) is 0.656. The van der Waals surface area contributed by atoms with Crippen molar-refractivity contribution in [1.29, 1.82) is 0 Å². The lowest BCUT2D eigenvalue weighted by molar-refractivity contribution is 0.0695. The minimum Gasteiger partial charge on any atom is -0.478 e. The van der Waals surface area contributed by atoms with Gasteiger partial charge in [-0.3, -0.25) is 0 Å². The van der Waals surface area contributed by atoms with Crippen molar-refractivity contribution in [2.75, 3.05) is 0 Å². The number of carbonyl (C=O) groups is 1. The van der Waals surface area contributed by atoms with Crippen LogP contribution in [-0.2, 0) is 23.6 Å². The van der Waals surface area contributed by atoms with Crippen molar-refractivity contribution in [3.8, 4) is 0 Å². The van der Waals surface area contributed by atoms with E-state index in [0.29, 0.717) is 0 Å². The van der Waals surface area contributed by atoms with Gasteiger partial charge in [0.2, 0.25) is 5.03 Å². The van der Waals surface area contributed by atoms with E-state index in [2.05, 4.69) is 31.0 Å². The average molecular weight is 379 g/mol. The second kappa shape index (κ2) is 5.58. The van der Waals surface area contributed by atoms with E-state index in [1.165, 1.54) is 20.0 Å². The summed E-state index contributed by atoms with van der Waals surface area (Å²) in [5.41, 5.74) is -0.00687. The second-order valence-corrected chi connectivity index (χ2v) is 6.55. The molecule has 0 atom stereocenters. The van der Waals surface area contributed by atoms with Gasteiger partial charge in [-0.05, 0) is 28.9 Å². The zero-order valence-electron chi connectivity index (χ0n) is 11.0. The van der Waals surface area contributed by atoms with Crippen molar-refractivity contribution in [3.63, 3.8) is 0 Å². The average Bonchev–Trinajstić information content (AvgIpc) is 2.91. The van der Waals surface area contributed by atoms with Crippen LogP contribution >= 0.6 is 15.9 Å². The summed E-state index contributed by atoms with van der Waals surface area (Å²) in [5.74, 6) is -0.733. The van der Waals surface area contributed by atoms with Crippen LogP contribution in [0, 0.1) is 6.92 Å². The van der Waals surface area contributed by atoms with E-state index in [0.717, 1.165) is 4.68 Å². The third kappa shape index (κ3) is 3.14. The molecular weight excluding hydrogens is 368 g/mol. The van der Waals surface area contributed by atoms with E-state index in [9.17, 15) is 13.2 Å². The molecule has 2 aromatic heterocycles. The number of nitrogens with zero attached hydrogens (tertiary/aromatic N) is 3. The van der Waals surface area contributed by atoms with Crippen LogP contribution in [0.15, 0.2) is 20.1 Å². The molecule has 0 aliphatic heterocycles. The smallest absolute Gasteiger partial charge is 0.339 e. The summed E-state index contributed by atoms with van der Waals surface area (Å²) in [6.07, 6.45) is 0. The lowest BCUT2D eigenvalue weighted by Gasteiger charge is -2.04. The molecule has 21 heavy (non-hydrogen) atoms. The summed E-state index contributed by atoms with van der Waals surface area (Å²) in [4.78, 5) is 10.9. The number of rotatable bonds is 5. The molecule has 0 radical (unpaired) electrons. The molecule has 0 bridgehead atoms. The molecule has 0 aromatic carbocycles. The molecule has 9 nitrogen and oxygen atoms in total. The maximum atomic E-state index is 12.1. The number of nitrogens with one attached hydrogen (secondary N) is 1. The van der Waals surface area contributed by atoms with Crippen LogP contribution in [0.1, 0.15) is 21.9 Å². The maximum absolute atomic E-state index is 12.1. The monoisotopic (exact) mass is 378 g/mol. The van der Waals surface area contributed by atoms with Crippen molar-refractivity contribution < 1.29 is 22.7 Å². The van der Waals surface area contributed by atoms with Crippen LogP contribution in [0.5, 0.6) is 0 Å². The highest BCUT2D eigenvalue weighted by atomic mass is 79.9. The predicted molar refractivity (Wildman–Crippen MR) is 73.1 cm³/mol.